The van der Waals surface area contributed by atoms with Crippen LogP contribution in [0.5, 0.6) is 0 Å². The summed E-state index contributed by atoms with van der Waals surface area (Å²) in [6.45, 7) is 4.01. The highest BCUT2D eigenvalue weighted by molar-refractivity contribution is 7.91. The van der Waals surface area contributed by atoms with Gasteiger partial charge >= 0.3 is 0 Å². The molecule has 7 heteroatoms. The van der Waals surface area contributed by atoms with E-state index in [1.807, 2.05) is 38.1 Å². The van der Waals surface area contributed by atoms with Gasteiger partial charge in [0, 0.05) is 22.5 Å². The van der Waals surface area contributed by atoms with E-state index in [0.29, 0.717) is 16.2 Å². The standard InChI is InChI=1S/C17H18N2O3S2/c1-11-3-5-13-10-14(17(20)19-15(13)9-11)7-8-18-24(21,22)16-6-4-12(2)23-16/h3-6,9-10,18H,7-8H2,1-2H3,(H,19,20). The second kappa shape index (κ2) is 6.51. The van der Waals surface area contributed by atoms with Crippen molar-refractivity contribution in [2.75, 3.05) is 6.54 Å². The van der Waals surface area contributed by atoms with Gasteiger partial charge in [-0.05, 0) is 55.5 Å². The van der Waals surface area contributed by atoms with Crippen LogP contribution in [0.1, 0.15) is 16.0 Å². The minimum atomic E-state index is -3.51. The van der Waals surface area contributed by atoms with Crippen LogP contribution < -0.4 is 10.3 Å². The lowest BCUT2D eigenvalue weighted by Crippen LogP contribution is -2.27. The Bertz CT molecular complexity index is 1050. The van der Waals surface area contributed by atoms with Crippen molar-refractivity contribution in [3.05, 3.63) is 62.8 Å². The van der Waals surface area contributed by atoms with Crippen molar-refractivity contribution in [1.82, 2.24) is 9.71 Å². The molecule has 0 spiro atoms. The van der Waals surface area contributed by atoms with Crippen LogP contribution in [0.2, 0.25) is 0 Å². The Kier molecular flexibility index (Phi) is 4.58. The number of hydrogen-bond donors (Lipinski definition) is 2. The summed E-state index contributed by atoms with van der Waals surface area (Å²) in [7, 11) is -3.51. The zero-order valence-corrected chi connectivity index (χ0v) is 15.1. The third kappa shape index (κ3) is 3.58. The van der Waals surface area contributed by atoms with Crippen LogP contribution >= 0.6 is 11.3 Å². The monoisotopic (exact) mass is 362 g/mol. The summed E-state index contributed by atoms with van der Waals surface area (Å²) in [5.41, 5.74) is 2.25. The van der Waals surface area contributed by atoms with E-state index in [0.717, 1.165) is 21.3 Å². The van der Waals surface area contributed by atoms with E-state index in [1.165, 1.54) is 11.3 Å². The van der Waals surface area contributed by atoms with Crippen LogP contribution in [0, 0.1) is 13.8 Å². The molecule has 0 saturated heterocycles. The Balaban J connectivity index is 1.75. The molecule has 5 nitrogen and oxygen atoms in total. The molecule has 0 aliphatic heterocycles. The van der Waals surface area contributed by atoms with Crippen LogP contribution in [-0.2, 0) is 16.4 Å². The number of aromatic nitrogens is 1. The number of pyridine rings is 1. The Morgan fingerprint density at radius 3 is 2.62 bits per heavy atom. The number of thiophene rings is 1. The summed E-state index contributed by atoms with van der Waals surface area (Å²) >= 11 is 1.23. The lowest BCUT2D eigenvalue weighted by atomic mass is 10.1. The Hall–Kier alpha value is -1.96. The zero-order chi connectivity index (χ0) is 17.3. The molecule has 2 N–H and O–H groups in total. The van der Waals surface area contributed by atoms with Crippen molar-refractivity contribution in [2.24, 2.45) is 0 Å². The third-order valence-corrected chi connectivity index (χ3v) is 6.70. The van der Waals surface area contributed by atoms with Gasteiger partial charge in [0.1, 0.15) is 4.21 Å². The molecule has 0 amide bonds. The van der Waals surface area contributed by atoms with Gasteiger partial charge in [-0.15, -0.1) is 11.3 Å². The van der Waals surface area contributed by atoms with Gasteiger partial charge in [0.25, 0.3) is 5.56 Å². The highest BCUT2D eigenvalue weighted by atomic mass is 32.2. The average Bonchev–Trinajstić information content (AvgIpc) is 2.95. The quantitative estimate of drug-likeness (QED) is 0.732. The van der Waals surface area contributed by atoms with Crippen LogP contribution in [-0.4, -0.2) is 19.9 Å². The first-order valence-corrected chi connectivity index (χ1v) is 9.84. The van der Waals surface area contributed by atoms with Crippen molar-refractivity contribution in [2.45, 2.75) is 24.5 Å². The first-order valence-electron chi connectivity index (χ1n) is 7.54. The first-order chi connectivity index (χ1) is 11.3. The van der Waals surface area contributed by atoms with Gasteiger partial charge in [-0.25, -0.2) is 13.1 Å². The largest absolute Gasteiger partial charge is 0.322 e. The predicted octanol–water partition coefficient (Wildman–Crippen LogP) is 2.73. The van der Waals surface area contributed by atoms with Gasteiger partial charge in [-0.3, -0.25) is 4.79 Å². The molecular formula is C17H18N2O3S2. The average molecular weight is 362 g/mol. The number of H-pyrrole nitrogens is 1. The van der Waals surface area contributed by atoms with Crippen LogP contribution in [0.3, 0.4) is 0 Å². The van der Waals surface area contributed by atoms with Crippen molar-refractivity contribution < 1.29 is 8.42 Å². The molecule has 0 saturated carbocycles. The summed E-state index contributed by atoms with van der Waals surface area (Å²) in [6, 6.07) is 11.0. The Morgan fingerprint density at radius 1 is 1.12 bits per heavy atom. The first kappa shape index (κ1) is 16.9. The molecular weight excluding hydrogens is 344 g/mol. The number of rotatable bonds is 5. The van der Waals surface area contributed by atoms with Gasteiger partial charge in [0.2, 0.25) is 10.0 Å². The van der Waals surface area contributed by atoms with Crippen molar-refractivity contribution in [1.29, 1.82) is 0 Å². The normalized spacial score (nSPS) is 11.9. The minimum absolute atomic E-state index is 0.180. The molecule has 0 aliphatic rings. The second-order valence-electron chi connectivity index (χ2n) is 5.73. The molecule has 1 aromatic carbocycles. The highest BCUT2D eigenvalue weighted by Gasteiger charge is 2.15. The maximum Gasteiger partial charge on any atom is 0.251 e. The summed E-state index contributed by atoms with van der Waals surface area (Å²) in [5.74, 6) is 0. The lowest BCUT2D eigenvalue weighted by molar-refractivity contribution is 0.583. The van der Waals surface area contributed by atoms with Crippen LogP contribution in [0.4, 0.5) is 0 Å². The summed E-state index contributed by atoms with van der Waals surface area (Å²) < 4.78 is 27.2. The number of nitrogens with one attached hydrogen (secondary N) is 2. The summed E-state index contributed by atoms with van der Waals surface area (Å²) in [6.07, 6.45) is 0.336. The molecule has 2 aromatic heterocycles. The van der Waals surface area contributed by atoms with E-state index in [9.17, 15) is 13.2 Å². The Morgan fingerprint density at radius 2 is 1.92 bits per heavy atom. The zero-order valence-electron chi connectivity index (χ0n) is 13.4. The minimum Gasteiger partial charge on any atom is -0.322 e. The van der Waals surface area contributed by atoms with Gasteiger partial charge in [0.15, 0.2) is 0 Å². The van der Waals surface area contributed by atoms with Gasteiger partial charge in [0.05, 0.1) is 0 Å². The molecule has 126 valence electrons. The van der Waals surface area contributed by atoms with E-state index < -0.39 is 10.0 Å². The second-order valence-corrected chi connectivity index (χ2v) is 9.01. The van der Waals surface area contributed by atoms with Crippen LogP contribution in [0.25, 0.3) is 10.9 Å². The smallest absolute Gasteiger partial charge is 0.251 e. The molecule has 3 aromatic rings. The number of fused-ring (bicyclic) bond motifs is 1. The van der Waals surface area contributed by atoms with E-state index >= 15 is 0 Å². The third-order valence-electron chi connectivity index (χ3n) is 3.75. The molecule has 0 unspecified atom stereocenters. The predicted molar refractivity (Wildman–Crippen MR) is 97.3 cm³/mol. The SMILES string of the molecule is Cc1ccc2cc(CCNS(=O)(=O)c3ccc(C)s3)c(=O)[nH]c2c1. The summed E-state index contributed by atoms with van der Waals surface area (Å²) in [5, 5.41) is 0.937. The topological polar surface area (TPSA) is 79.0 Å². The maximum absolute atomic E-state index is 12.2. The van der Waals surface area contributed by atoms with Gasteiger partial charge in [-0.2, -0.15) is 0 Å². The molecule has 0 bridgehead atoms. The Labute approximate surface area is 144 Å². The molecule has 24 heavy (non-hydrogen) atoms. The molecule has 2 heterocycles. The number of sulfonamides is 1. The van der Waals surface area contributed by atoms with Crippen molar-refractivity contribution in [3.8, 4) is 0 Å². The number of benzene rings is 1. The number of aryl methyl sites for hydroxylation is 2. The molecule has 3 rings (SSSR count). The molecule has 0 atom stereocenters. The summed E-state index contributed by atoms with van der Waals surface area (Å²) in [4.78, 5) is 15.9. The fourth-order valence-electron chi connectivity index (χ4n) is 2.49. The number of aromatic amines is 1. The van der Waals surface area contributed by atoms with Crippen LogP contribution in [0.15, 0.2) is 45.4 Å². The fourth-order valence-corrected chi connectivity index (χ4v) is 4.85. The van der Waals surface area contributed by atoms with E-state index in [2.05, 4.69) is 9.71 Å². The fraction of sp³-hybridized carbons (Fsp3) is 0.235. The van der Waals surface area contributed by atoms with Crippen molar-refractivity contribution >= 4 is 32.3 Å². The highest BCUT2D eigenvalue weighted by Crippen LogP contribution is 2.20. The van der Waals surface area contributed by atoms with E-state index in [1.54, 1.807) is 12.1 Å². The van der Waals surface area contributed by atoms with Gasteiger partial charge < -0.3 is 4.98 Å². The molecule has 0 aliphatic carbocycles. The number of hydrogen-bond acceptors (Lipinski definition) is 4. The maximum atomic E-state index is 12.2. The van der Waals surface area contributed by atoms with Crippen molar-refractivity contribution in [3.63, 3.8) is 0 Å². The van der Waals surface area contributed by atoms with Gasteiger partial charge in [-0.1, -0.05) is 12.1 Å². The van der Waals surface area contributed by atoms with E-state index in [-0.39, 0.29) is 12.1 Å². The molecule has 0 fully saturated rings. The van der Waals surface area contributed by atoms with E-state index in [4.69, 9.17) is 0 Å². The lowest BCUT2D eigenvalue weighted by Gasteiger charge is -2.06. The molecule has 0 radical (unpaired) electrons.